The molecule has 0 unspecified atom stereocenters. The Bertz CT molecular complexity index is 584. The summed E-state index contributed by atoms with van der Waals surface area (Å²) in [5, 5.41) is 4.06. The van der Waals surface area contributed by atoms with E-state index in [1.54, 1.807) is 17.2 Å². The average molecular weight is 299 g/mol. The van der Waals surface area contributed by atoms with E-state index in [1.165, 1.54) is 6.33 Å². The second-order valence-electron chi connectivity index (χ2n) is 5.62. The average Bonchev–Trinajstić information content (AvgIpc) is 3.09. The van der Waals surface area contributed by atoms with Crippen LogP contribution in [0.25, 0.3) is 0 Å². The number of rotatable bonds is 5. The first-order valence-electron chi connectivity index (χ1n) is 7.87. The molecule has 0 aromatic carbocycles. The fourth-order valence-corrected chi connectivity index (χ4v) is 2.99. The molecular weight excluding hydrogens is 278 g/mol. The minimum atomic E-state index is 0.133. The predicted molar refractivity (Wildman–Crippen MR) is 81.8 cm³/mol. The van der Waals surface area contributed by atoms with Gasteiger partial charge in [0.1, 0.15) is 12.7 Å². The molecule has 1 aliphatic rings. The quantitative estimate of drug-likeness (QED) is 0.849. The van der Waals surface area contributed by atoms with Crippen molar-refractivity contribution in [2.75, 3.05) is 6.54 Å². The van der Waals surface area contributed by atoms with Crippen LogP contribution in [0.1, 0.15) is 43.8 Å². The molecule has 22 heavy (non-hydrogen) atoms. The van der Waals surface area contributed by atoms with Crippen molar-refractivity contribution < 1.29 is 4.79 Å². The molecule has 1 atom stereocenters. The first-order chi connectivity index (χ1) is 10.8. The van der Waals surface area contributed by atoms with Crippen LogP contribution in [0.2, 0.25) is 0 Å². The summed E-state index contributed by atoms with van der Waals surface area (Å²) in [5.74, 6) is 0.218. The second-order valence-corrected chi connectivity index (χ2v) is 5.62. The van der Waals surface area contributed by atoms with Gasteiger partial charge >= 0.3 is 0 Å². The Hall–Kier alpha value is -2.24. The fourth-order valence-electron chi connectivity index (χ4n) is 2.99. The van der Waals surface area contributed by atoms with E-state index in [1.807, 2.05) is 23.1 Å². The standard InChI is InChI=1S/C16H21N5O/c22-16(8-5-10-20-13-17-12-19-20)21-11-4-2-7-15(21)14-6-1-3-9-18-14/h1,3,6,9,12-13,15H,2,4-5,7-8,10-11H2/t15-/m1/s1. The number of piperidine rings is 1. The van der Waals surface area contributed by atoms with Crippen LogP contribution in [-0.4, -0.2) is 37.1 Å². The lowest BCUT2D eigenvalue weighted by molar-refractivity contribution is -0.135. The minimum Gasteiger partial charge on any atom is -0.334 e. The summed E-state index contributed by atoms with van der Waals surface area (Å²) in [7, 11) is 0. The van der Waals surface area contributed by atoms with Gasteiger partial charge in [-0.15, -0.1) is 0 Å². The van der Waals surface area contributed by atoms with Crippen molar-refractivity contribution in [2.45, 2.75) is 44.7 Å². The summed E-state index contributed by atoms with van der Waals surface area (Å²) in [6.07, 6.45) is 9.58. The first-order valence-corrected chi connectivity index (χ1v) is 7.87. The maximum Gasteiger partial charge on any atom is 0.223 e. The number of nitrogens with zero attached hydrogens (tertiary/aromatic N) is 5. The third-order valence-electron chi connectivity index (χ3n) is 4.10. The van der Waals surface area contributed by atoms with E-state index in [0.29, 0.717) is 6.42 Å². The lowest BCUT2D eigenvalue weighted by Crippen LogP contribution is -2.38. The molecule has 116 valence electrons. The van der Waals surface area contributed by atoms with Crippen molar-refractivity contribution >= 4 is 5.91 Å². The van der Waals surface area contributed by atoms with Crippen LogP contribution in [0.3, 0.4) is 0 Å². The van der Waals surface area contributed by atoms with E-state index in [-0.39, 0.29) is 11.9 Å². The molecule has 0 bridgehead atoms. The molecule has 0 saturated carbocycles. The Labute approximate surface area is 130 Å². The van der Waals surface area contributed by atoms with Crippen LogP contribution in [0.4, 0.5) is 0 Å². The zero-order valence-electron chi connectivity index (χ0n) is 12.6. The Kier molecular flexibility index (Phi) is 4.78. The molecule has 0 spiro atoms. The number of carbonyl (C=O) groups excluding carboxylic acids is 1. The number of pyridine rings is 1. The van der Waals surface area contributed by atoms with Gasteiger partial charge in [-0.25, -0.2) is 4.98 Å². The Morgan fingerprint density at radius 3 is 3.05 bits per heavy atom. The van der Waals surface area contributed by atoms with E-state index in [0.717, 1.165) is 44.5 Å². The van der Waals surface area contributed by atoms with Crippen molar-refractivity contribution in [2.24, 2.45) is 0 Å². The lowest BCUT2D eigenvalue weighted by Gasteiger charge is -2.35. The van der Waals surface area contributed by atoms with E-state index < -0.39 is 0 Å². The summed E-state index contributed by atoms with van der Waals surface area (Å²) < 4.78 is 1.76. The smallest absolute Gasteiger partial charge is 0.223 e. The molecule has 0 N–H and O–H groups in total. The molecule has 0 radical (unpaired) electrons. The Balaban J connectivity index is 1.59. The highest BCUT2D eigenvalue weighted by atomic mass is 16.2. The molecule has 0 aliphatic carbocycles. The van der Waals surface area contributed by atoms with Gasteiger partial charge in [0.2, 0.25) is 5.91 Å². The van der Waals surface area contributed by atoms with Gasteiger partial charge in [0.15, 0.2) is 0 Å². The van der Waals surface area contributed by atoms with E-state index in [4.69, 9.17) is 0 Å². The zero-order valence-corrected chi connectivity index (χ0v) is 12.6. The zero-order chi connectivity index (χ0) is 15.2. The third-order valence-corrected chi connectivity index (χ3v) is 4.10. The normalized spacial score (nSPS) is 18.4. The SMILES string of the molecule is O=C(CCCn1cncn1)N1CCCC[C@@H]1c1ccccn1. The molecule has 1 saturated heterocycles. The van der Waals surface area contributed by atoms with Gasteiger partial charge in [0, 0.05) is 25.7 Å². The number of amides is 1. The molecule has 3 rings (SSSR count). The summed E-state index contributed by atoms with van der Waals surface area (Å²) in [6, 6.07) is 6.06. The fraction of sp³-hybridized carbons (Fsp3) is 0.500. The third kappa shape index (κ3) is 3.50. The van der Waals surface area contributed by atoms with Crippen LogP contribution in [0, 0.1) is 0 Å². The lowest BCUT2D eigenvalue weighted by atomic mass is 9.98. The van der Waals surface area contributed by atoms with Crippen LogP contribution < -0.4 is 0 Å². The van der Waals surface area contributed by atoms with Gasteiger partial charge in [0.25, 0.3) is 0 Å². The van der Waals surface area contributed by atoms with Crippen molar-refractivity contribution in [1.82, 2.24) is 24.6 Å². The summed E-state index contributed by atoms with van der Waals surface area (Å²) in [5.41, 5.74) is 1.01. The van der Waals surface area contributed by atoms with Crippen LogP contribution in [-0.2, 0) is 11.3 Å². The van der Waals surface area contributed by atoms with Gasteiger partial charge in [-0.05, 0) is 37.8 Å². The Morgan fingerprint density at radius 2 is 2.27 bits per heavy atom. The molecule has 6 nitrogen and oxygen atoms in total. The topological polar surface area (TPSA) is 63.9 Å². The monoisotopic (exact) mass is 299 g/mol. The van der Waals surface area contributed by atoms with Gasteiger partial charge < -0.3 is 4.90 Å². The number of hydrogen-bond donors (Lipinski definition) is 0. The molecule has 1 amide bonds. The van der Waals surface area contributed by atoms with Gasteiger partial charge in [-0.1, -0.05) is 6.07 Å². The van der Waals surface area contributed by atoms with Gasteiger partial charge in [-0.3, -0.25) is 14.5 Å². The molecule has 1 fully saturated rings. The summed E-state index contributed by atoms with van der Waals surface area (Å²) in [4.78, 5) is 22.9. The molecule has 6 heteroatoms. The van der Waals surface area contributed by atoms with Gasteiger partial charge in [-0.2, -0.15) is 5.10 Å². The summed E-state index contributed by atoms with van der Waals surface area (Å²) >= 11 is 0. The number of aryl methyl sites for hydroxylation is 1. The predicted octanol–water partition coefficient (Wildman–Crippen LogP) is 2.21. The van der Waals surface area contributed by atoms with Gasteiger partial charge in [0.05, 0.1) is 11.7 Å². The highest BCUT2D eigenvalue weighted by molar-refractivity contribution is 5.76. The highest BCUT2D eigenvalue weighted by Gasteiger charge is 2.28. The largest absolute Gasteiger partial charge is 0.334 e. The van der Waals surface area contributed by atoms with Crippen LogP contribution >= 0.6 is 0 Å². The first kappa shape index (κ1) is 14.7. The van der Waals surface area contributed by atoms with Crippen LogP contribution in [0.15, 0.2) is 37.1 Å². The van der Waals surface area contributed by atoms with E-state index in [2.05, 4.69) is 15.1 Å². The van der Waals surface area contributed by atoms with Crippen molar-refractivity contribution in [3.8, 4) is 0 Å². The number of hydrogen-bond acceptors (Lipinski definition) is 4. The van der Waals surface area contributed by atoms with Crippen molar-refractivity contribution in [3.63, 3.8) is 0 Å². The second kappa shape index (κ2) is 7.15. The van der Waals surface area contributed by atoms with Crippen molar-refractivity contribution in [1.29, 1.82) is 0 Å². The van der Waals surface area contributed by atoms with Crippen LogP contribution in [0.5, 0.6) is 0 Å². The minimum absolute atomic E-state index is 0.133. The molecule has 2 aromatic heterocycles. The highest BCUT2D eigenvalue weighted by Crippen LogP contribution is 2.30. The molecule has 3 heterocycles. The number of aromatic nitrogens is 4. The van der Waals surface area contributed by atoms with Crippen molar-refractivity contribution in [3.05, 3.63) is 42.7 Å². The van der Waals surface area contributed by atoms with E-state index >= 15 is 0 Å². The summed E-state index contributed by atoms with van der Waals surface area (Å²) in [6.45, 7) is 1.57. The maximum atomic E-state index is 12.6. The molecule has 1 aliphatic heterocycles. The molecule has 2 aromatic rings. The molecular formula is C16H21N5O. The number of carbonyl (C=O) groups is 1. The number of likely N-dealkylation sites (tertiary alicyclic amines) is 1. The Morgan fingerprint density at radius 1 is 1.32 bits per heavy atom. The van der Waals surface area contributed by atoms with E-state index in [9.17, 15) is 4.79 Å². The maximum absolute atomic E-state index is 12.6.